The van der Waals surface area contributed by atoms with E-state index in [2.05, 4.69) is 12.2 Å². The first kappa shape index (κ1) is 20.5. The van der Waals surface area contributed by atoms with E-state index in [9.17, 15) is 9.90 Å². The van der Waals surface area contributed by atoms with Crippen molar-refractivity contribution >= 4 is 6.09 Å². The number of ether oxygens (including phenoxy) is 1. The van der Waals surface area contributed by atoms with Crippen molar-refractivity contribution in [1.82, 2.24) is 10.2 Å². The Hall–Kier alpha value is -0.810. The van der Waals surface area contributed by atoms with Crippen molar-refractivity contribution in [3.05, 3.63) is 0 Å². The standard InChI is InChI=1S/C20H38N2O3/c1-15(21-17-10-8-16(14-23)9-11-17)13-18-7-5-6-12-22(18)19(24)25-20(2,3)4/h15-18,21,23H,5-14H2,1-4H3. The molecule has 2 unspecified atom stereocenters. The van der Waals surface area contributed by atoms with Gasteiger partial charge >= 0.3 is 6.09 Å². The lowest BCUT2D eigenvalue weighted by atomic mass is 9.86. The van der Waals surface area contributed by atoms with E-state index < -0.39 is 5.60 Å². The van der Waals surface area contributed by atoms with Gasteiger partial charge in [-0.15, -0.1) is 0 Å². The van der Waals surface area contributed by atoms with Gasteiger partial charge < -0.3 is 20.1 Å². The van der Waals surface area contributed by atoms with Gasteiger partial charge in [-0.25, -0.2) is 4.79 Å². The Kier molecular flexibility index (Phi) is 7.56. The van der Waals surface area contributed by atoms with Gasteiger partial charge in [0.15, 0.2) is 0 Å². The molecule has 2 rings (SSSR count). The first-order valence-corrected chi connectivity index (χ1v) is 10.1. The Morgan fingerprint density at radius 3 is 2.48 bits per heavy atom. The van der Waals surface area contributed by atoms with Gasteiger partial charge in [-0.3, -0.25) is 0 Å². The summed E-state index contributed by atoms with van der Waals surface area (Å²) in [5.41, 5.74) is -0.436. The van der Waals surface area contributed by atoms with Gasteiger partial charge in [0, 0.05) is 31.3 Å². The van der Waals surface area contributed by atoms with E-state index in [1.54, 1.807) is 0 Å². The van der Waals surface area contributed by atoms with Crippen LogP contribution in [0.3, 0.4) is 0 Å². The van der Waals surface area contributed by atoms with Crippen LogP contribution in [0.25, 0.3) is 0 Å². The molecule has 2 fully saturated rings. The van der Waals surface area contributed by atoms with Crippen LogP contribution in [0.5, 0.6) is 0 Å². The van der Waals surface area contributed by atoms with Gasteiger partial charge in [-0.05, 0) is 85.0 Å². The van der Waals surface area contributed by atoms with E-state index in [1.807, 2.05) is 25.7 Å². The lowest BCUT2D eigenvalue weighted by molar-refractivity contribution is 0.00768. The fraction of sp³-hybridized carbons (Fsp3) is 0.950. The van der Waals surface area contributed by atoms with E-state index in [0.717, 1.165) is 51.5 Å². The normalized spacial score (nSPS) is 29.3. The van der Waals surface area contributed by atoms with Crippen LogP contribution in [0.2, 0.25) is 0 Å². The summed E-state index contributed by atoms with van der Waals surface area (Å²) in [5.74, 6) is 0.495. The lowest BCUT2D eigenvalue weighted by Crippen LogP contribution is -2.49. The van der Waals surface area contributed by atoms with E-state index in [4.69, 9.17) is 4.74 Å². The van der Waals surface area contributed by atoms with Crippen molar-refractivity contribution in [2.24, 2.45) is 5.92 Å². The van der Waals surface area contributed by atoms with Gasteiger partial charge in [0.25, 0.3) is 0 Å². The van der Waals surface area contributed by atoms with Crippen molar-refractivity contribution in [2.45, 2.75) is 103 Å². The maximum absolute atomic E-state index is 12.5. The molecule has 1 aliphatic carbocycles. The van der Waals surface area contributed by atoms with Crippen LogP contribution in [0, 0.1) is 5.92 Å². The average molecular weight is 355 g/mol. The minimum absolute atomic E-state index is 0.159. The summed E-state index contributed by atoms with van der Waals surface area (Å²) >= 11 is 0. The second-order valence-corrected chi connectivity index (χ2v) is 9.03. The number of amides is 1. The molecule has 0 spiro atoms. The summed E-state index contributed by atoms with van der Waals surface area (Å²) in [6.07, 6.45) is 8.70. The Morgan fingerprint density at radius 1 is 1.20 bits per heavy atom. The van der Waals surface area contributed by atoms with Crippen LogP contribution in [0.15, 0.2) is 0 Å². The van der Waals surface area contributed by atoms with Crippen LogP contribution >= 0.6 is 0 Å². The number of likely N-dealkylation sites (tertiary alicyclic amines) is 1. The third kappa shape index (κ3) is 6.78. The summed E-state index contributed by atoms with van der Waals surface area (Å²) < 4.78 is 5.61. The van der Waals surface area contributed by atoms with Gasteiger partial charge in [0.05, 0.1) is 0 Å². The van der Waals surface area contributed by atoms with Crippen molar-refractivity contribution in [1.29, 1.82) is 0 Å². The average Bonchev–Trinajstić information content (AvgIpc) is 2.54. The fourth-order valence-corrected chi connectivity index (χ4v) is 4.20. The molecule has 5 nitrogen and oxygen atoms in total. The van der Waals surface area contributed by atoms with Crippen molar-refractivity contribution < 1.29 is 14.6 Å². The molecule has 1 saturated heterocycles. The maximum atomic E-state index is 12.5. The number of aliphatic hydroxyl groups is 1. The monoisotopic (exact) mass is 354 g/mol. The second-order valence-electron chi connectivity index (χ2n) is 9.03. The molecule has 0 aromatic carbocycles. The minimum atomic E-state index is -0.436. The molecule has 1 aliphatic heterocycles. The highest BCUT2D eigenvalue weighted by molar-refractivity contribution is 5.68. The third-order valence-electron chi connectivity index (χ3n) is 5.51. The van der Waals surface area contributed by atoms with Gasteiger partial charge in [0.2, 0.25) is 0 Å². The van der Waals surface area contributed by atoms with Crippen LogP contribution in [0.1, 0.15) is 79.1 Å². The quantitative estimate of drug-likeness (QED) is 0.790. The zero-order valence-electron chi connectivity index (χ0n) is 16.6. The number of piperidine rings is 1. The molecule has 25 heavy (non-hydrogen) atoms. The molecular weight excluding hydrogens is 316 g/mol. The van der Waals surface area contributed by atoms with Gasteiger partial charge in [0.1, 0.15) is 5.60 Å². The van der Waals surface area contributed by atoms with Crippen LogP contribution in [-0.2, 0) is 4.74 Å². The number of aliphatic hydroxyl groups excluding tert-OH is 1. The largest absolute Gasteiger partial charge is 0.444 e. The Balaban J connectivity index is 1.82. The molecular formula is C20H38N2O3. The molecule has 0 aromatic rings. The molecule has 2 atom stereocenters. The molecule has 0 bridgehead atoms. The van der Waals surface area contributed by atoms with Gasteiger partial charge in [-0.1, -0.05) is 0 Å². The predicted octanol–water partition coefficient (Wildman–Crippen LogP) is 3.70. The van der Waals surface area contributed by atoms with Gasteiger partial charge in [-0.2, -0.15) is 0 Å². The lowest BCUT2D eigenvalue weighted by Gasteiger charge is -2.39. The van der Waals surface area contributed by atoms with Crippen molar-refractivity contribution in [3.63, 3.8) is 0 Å². The molecule has 1 saturated carbocycles. The number of carbonyl (C=O) groups is 1. The second kappa shape index (κ2) is 9.22. The minimum Gasteiger partial charge on any atom is -0.444 e. The number of hydrogen-bond acceptors (Lipinski definition) is 4. The highest BCUT2D eigenvalue weighted by Crippen LogP contribution is 2.26. The Morgan fingerprint density at radius 2 is 1.88 bits per heavy atom. The molecule has 1 heterocycles. The zero-order valence-corrected chi connectivity index (χ0v) is 16.6. The van der Waals surface area contributed by atoms with E-state index in [0.29, 0.717) is 24.6 Å². The summed E-state index contributed by atoms with van der Waals surface area (Å²) in [6.45, 7) is 9.16. The third-order valence-corrected chi connectivity index (χ3v) is 5.51. The summed E-state index contributed by atoms with van der Waals surface area (Å²) in [6, 6.07) is 1.22. The zero-order chi connectivity index (χ0) is 18.4. The molecule has 1 amide bonds. The predicted molar refractivity (Wildman–Crippen MR) is 101 cm³/mol. The molecule has 2 aliphatic rings. The van der Waals surface area contributed by atoms with Crippen LogP contribution < -0.4 is 5.32 Å². The van der Waals surface area contributed by atoms with E-state index in [1.165, 1.54) is 6.42 Å². The highest BCUT2D eigenvalue weighted by Gasteiger charge is 2.32. The summed E-state index contributed by atoms with van der Waals surface area (Å²) in [4.78, 5) is 14.5. The van der Waals surface area contributed by atoms with Crippen molar-refractivity contribution in [2.75, 3.05) is 13.2 Å². The smallest absolute Gasteiger partial charge is 0.410 e. The number of nitrogens with zero attached hydrogens (tertiary/aromatic N) is 1. The van der Waals surface area contributed by atoms with Crippen LogP contribution in [-0.4, -0.2) is 53.0 Å². The number of nitrogens with one attached hydrogen (secondary N) is 1. The Labute approximate surface area is 153 Å². The molecule has 5 heteroatoms. The van der Waals surface area contributed by atoms with E-state index in [-0.39, 0.29) is 12.1 Å². The van der Waals surface area contributed by atoms with E-state index >= 15 is 0 Å². The number of hydrogen-bond donors (Lipinski definition) is 2. The number of rotatable bonds is 5. The molecule has 146 valence electrons. The number of carbonyl (C=O) groups excluding carboxylic acids is 1. The van der Waals surface area contributed by atoms with Crippen LogP contribution in [0.4, 0.5) is 4.79 Å². The molecule has 0 aromatic heterocycles. The molecule has 2 N–H and O–H groups in total. The fourth-order valence-electron chi connectivity index (χ4n) is 4.20. The molecule has 0 radical (unpaired) electrons. The summed E-state index contributed by atoms with van der Waals surface area (Å²) in [5, 5.41) is 13.0. The van der Waals surface area contributed by atoms with Crippen molar-refractivity contribution in [3.8, 4) is 0 Å². The summed E-state index contributed by atoms with van der Waals surface area (Å²) in [7, 11) is 0. The first-order chi connectivity index (χ1) is 11.8. The maximum Gasteiger partial charge on any atom is 0.410 e. The first-order valence-electron chi connectivity index (χ1n) is 10.1. The Bertz CT molecular complexity index is 414. The topological polar surface area (TPSA) is 61.8 Å². The SMILES string of the molecule is CC(CC1CCCCN1C(=O)OC(C)(C)C)NC1CCC(CO)CC1. The highest BCUT2D eigenvalue weighted by atomic mass is 16.6.